The van der Waals surface area contributed by atoms with Crippen molar-refractivity contribution in [3.63, 3.8) is 0 Å². The van der Waals surface area contributed by atoms with Crippen LogP contribution in [0.15, 0.2) is 6.07 Å². The number of carbonyl (C=O) groups is 2. The minimum Gasteiger partial charge on any atom is -0.462 e. The second-order valence-electron chi connectivity index (χ2n) is 6.53. The molecule has 0 bridgehead atoms. The fourth-order valence-corrected chi connectivity index (χ4v) is 2.67. The van der Waals surface area contributed by atoms with Gasteiger partial charge in [0.05, 0.1) is 18.8 Å². The van der Waals surface area contributed by atoms with Crippen LogP contribution >= 0.6 is 11.3 Å². The molecule has 0 spiro atoms. The number of rotatable bonds is 7. The van der Waals surface area contributed by atoms with Crippen molar-refractivity contribution in [1.29, 1.82) is 0 Å². The molecule has 22 heavy (non-hydrogen) atoms. The van der Waals surface area contributed by atoms with Gasteiger partial charge in [-0.2, -0.15) is 0 Å². The molecule has 0 aliphatic carbocycles. The van der Waals surface area contributed by atoms with E-state index >= 15 is 0 Å². The van der Waals surface area contributed by atoms with Crippen molar-refractivity contribution in [2.75, 3.05) is 13.2 Å². The minimum atomic E-state index is -0.451. The fraction of sp³-hybridized carbons (Fsp3) is 0.647. The Kier molecular flexibility index (Phi) is 7.07. The third-order valence-electron chi connectivity index (χ3n) is 2.82. The van der Waals surface area contributed by atoms with Crippen LogP contribution in [-0.2, 0) is 9.47 Å². The number of carbonyl (C=O) groups excluding carboxylic acids is 2. The van der Waals surface area contributed by atoms with Crippen LogP contribution < -0.4 is 0 Å². The summed E-state index contributed by atoms with van der Waals surface area (Å²) in [6.07, 6.45) is 0. The Morgan fingerprint density at radius 1 is 0.955 bits per heavy atom. The molecule has 0 N–H and O–H groups in total. The zero-order chi connectivity index (χ0) is 16.9. The molecule has 4 nitrogen and oxygen atoms in total. The molecule has 0 aliphatic heterocycles. The lowest BCUT2D eigenvalue weighted by Gasteiger charge is -2.09. The summed E-state index contributed by atoms with van der Waals surface area (Å²) in [5.41, 5.74) is 0.322. The second kappa shape index (κ2) is 8.32. The average Bonchev–Trinajstić information content (AvgIpc) is 2.87. The standard InChI is InChI=1S/C17H26O4S/c1-10(2)8-20-16(18)13-7-14(12(5)6)22-15(13)17(19)21-9-11(3)4/h7,10-12H,8-9H2,1-6H3. The van der Waals surface area contributed by atoms with Gasteiger partial charge in [-0.3, -0.25) is 0 Å². The van der Waals surface area contributed by atoms with Gasteiger partial charge in [-0.25, -0.2) is 9.59 Å². The van der Waals surface area contributed by atoms with Gasteiger partial charge in [0.2, 0.25) is 0 Å². The van der Waals surface area contributed by atoms with E-state index in [1.807, 2.05) is 41.5 Å². The second-order valence-corrected chi connectivity index (χ2v) is 7.61. The summed E-state index contributed by atoms with van der Waals surface area (Å²) in [7, 11) is 0. The maximum atomic E-state index is 12.2. The first-order valence-corrected chi connectivity index (χ1v) is 8.52. The highest BCUT2D eigenvalue weighted by molar-refractivity contribution is 7.14. The lowest BCUT2D eigenvalue weighted by atomic mass is 10.1. The van der Waals surface area contributed by atoms with Crippen LogP contribution in [-0.4, -0.2) is 25.2 Å². The SMILES string of the molecule is CC(C)COC(=O)c1cc(C(C)C)sc1C(=O)OCC(C)C. The molecule has 1 aromatic rings. The topological polar surface area (TPSA) is 52.6 Å². The van der Waals surface area contributed by atoms with Crippen molar-refractivity contribution in [3.05, 3.63) is 21.4 Å². The first-order valence-electron chi connectivity index (χ1n) is 7.70. The number of thiophene rings is 1. The smallest absolute Gasteiger partial charge is 0.349 e. The summed E-state index contributed by atoms with van der Waals surface area (Å²) in [6, 6.07) is 1.75. The van der Waals surface area contributed by atoms with Gasteiger partial charge in [0, 0.05) is 4.88 Å². The molecule has 0 unspecified atom stereocenters. The summed E-state index contributed by atoms with van der Waals surface area (Å²) in [5.74, 6) is -0.142. The largest absolute Gasteiger partial charge is 0.462 e. The van der Waals surface area contributed by atoms with E-state index in [2.05, 4.69) is 0 Å². The molecule has 0 saturated heterocycles. The zero-order valence-electron chi connectivity index (χ0n) is 14.3. The Bertz CT molecular complexity index is 473. The maximum absolute atomic E-state index is 12.2. The van der Waals surface area contributed by atoms with Crippen LogP contribution in [0, 0.1) is 11.8 Å². The van der Waals surface area contributed by atoms with E-state index in [1.165, 1.54) is 11.3 Å². The highest BCUT2D eigenvalue weighted by Crippen LogP contribution is 2.30. The quantitative estimate of drug-likeness (QED) is 0.692. The Balaban J connectivity index is 2.98. The van der Waals surface area contributed by atoms with E-state index in [0.717, 1.165) is 4.88 Å². The van der Waals surface area contributed by atoms with Gasteiger partial charge in [-0.15, -0.1) is 11.3 Å². The molecule has 0 amide bonds. The summed E-state index contributed by atoms with van der Waals surface area (Å²) >= 11 is 1.31. The number of hydrogen-bond donors (Lipinski definition) is 0. The van der Waals surface area contributed by atoms with Crippen LogP contribution in [0.1, 0.15) is 72.4 Å². The molecule has 0 aliphatic rings. The number of hydrogen-bond acceptors (Lipinski definition) is 5. The normalized spacial score (nSPS) is 11.3. The van der Waals surface area contributed by atoms with E-state index in [0.29, 0.717) is 23.7 Å². The first-order chi connectivity index (χ1) is 10.2. The third-order valence-corrected chi connectivity index (χ3v) is 4.24. The molecule has 1 rings (SSSR count). The van der Waals surface area contributed by atoms with Gasteiger partial charge in [-0.05, 0) is 23.8 Å². The van der Waals surface area contributed by atoms with Crippen molar-refractivity contribution in [2.24, 2.45) is 11.8 Å². The van der Waals surface area contributed by atoms with Crippen molar-refractivity contribution in [2.45, 2.75) is 47.5 Å². The van der Waals surface area contributed by atoms with Crippen molar-refractivity contribution in [3.8, 4) is 0 Å². The van der Waals surface area contributed by atoms with Gasteiger partial charge < -0.3 is 9.47 Å². The van der Waals surface area contributed by atoms with E-state index in [1.54, 1.807) is 6.07 Å². The van der Waals surface area contributed by atoms with E-state index in [4.69, 9.17) is 9.47 Å². The molecule has 0 aromatic carbocycles. The molecular weight excluding hydrogens is 300 g/mol. The molecule has 0 atom stereocenters. The average molecular weight is 326 g/mol. The molecule has 0 saturated carbocycles. The van der Waals surface area contributed by atoms with Gasteiger partial charge in [0.25, 0.3) is 0 Å². The van der Waals surface area contributed by atoms with Crippen LogP contribution in [0.4, 0.5) is 0 Å². The summed E-state index contributed by atoms with van der Waals surface area (Å²) in [4.78, 5) is 25.8. The monoisotopic (exact) mass is 326 g/mol. The highest BCUT2D eigenvalue weighted by Gasteiger charge is 2.25. The van der Waals surface area contributed by atoms with Gasteiger partial charge in [-0.1, -0.05) is 41.5 Å². The zero-order valence-corrected chi connectivity index (χ0v) is 15.1. The van der Waals surface area contributed by atoms with Crippen molar-refractivity contribution in [1.82, 2.24) is 0 Å². The lowest BCUT2D eigenvalue weighted by Crippen LogP contribution is -2.15. The van der Waals surface area contributed by atoms with Crippen molar-refractivity contribution < 1.29 is 19.1 Å². The minimum absolute atomic E-state index is 0.244. The molecule has 5 heteroatoms. The Hall–Kier alpha value is -1.36. The summed E-state index contributed by atoms with van der Waals surface area (Å²) in [6.45, 7) is 12.6. The van der Waals surface area contributed by atoms with Gasteiger partial charge in [0.1, 0.15) is 4.88 Å². The molecule has 1 heterocycles. The van der Waals surface area contributed by atoms with E-state index in [-0.39, 0.29) is 17.8 Å². The van der Waals surface area contributed by atoms with Crippen molar-refractivity contribution >= 4 is 23.3 Å². The third kappa shape index (κ3) is 5.44. The van der Waals surface area contributed by atoms with Crippen LogP contribution in [0.25, 0.3) is 0 Å². The van der Waals surface area contributed by atoms with Gasteiger partial charge >= 0.3 is 11.9 Å². The van der Waals surface area contributed by atoms with Crippen LogP contribution in [0.3, 0.4) is 0 Å². The molecule has 1 aromatic heterocycles. The maximum Gasteiger partial charge on any atom is 0.349 e. The predicted molar refractivity (Wildman–Crippen MR) is 88.6 cm³/mol. The van der Waals surface area contributed by atoms with Crippen LogP contribution in [0.5, 0.6) is 0 Å². The Morgan fingerprint density at radius 2 is 1.45 bits per heavy atom. The van der Waals surface area contributed by atoms with E-state index < -0.39 is 11.9 Å². The first kappa shape index (κ1) is 18.7. The fourth-order valence-electron chi connectivity index (χ4n) is 1.63. The number of ether oxygens (including phenoxy) is 2. The molecular formula is C17H26O4S. The Labute approximate surface area is 136 Å². The summed E-state index contributed by atoms with van der Waals surface area (Å²) < 4.78 is 10.5. The summed E-state index contributed by atoms with van der Waals surface area (Å²) in [5, 5.41) is 0. The van der Waals surface area contributed by atoms with Gasteiger partial charge in [0.15, 0.2) is 0 Å². The Morgan fingerprint density at radius 3 is 1.91 bits per heavy atom. The number of esters is 2. The lowest BCUT2D eigenvalue weighted by molar-refractivity contribution is 0.0417. The molecule has 124 valence electrons. The highest BCUT2D eigenvalue weighted by atomic mass is 32.1. The predicted octanol–water partition coefficient (Wildman–Crippen LogP) is 4.50. The molecule has 0 radical (unpaired) electrons. The van der Waals surface area contributed by atoms with Crippen LogP contribution in [0.2, 0.25) is 0 Å². The molecule has 0 fully saturated rings. The van der Waals surface area contributed by atoms with E-state index in [9.17, 15) is 9.59 Å².